The summed E-state index contributed by atoms with van der Waals surface area (Å²) in [6.45, 7) is 4.15. The molecule has 1 aromatic carbocycles. The summed E-state index contributed by atoms with van der Waals surface area (Å²) in [5, 5.41) is 0. The molecule has 1 saturated heterocycles. The van der Waals surface area contributed by atoms with Crippen molar-refractivity contribution in [1.29, 1.82) is 0 Å². The van der Waals surface area contributed by atoms with Crippen LogP contribution in [-0.2, 0) is 4.74 Å². The van der Waals surface area contributed by atoms with E-state index in [0.29, 0.717) is 24.6 Å². The van der Waals surface area contributed by atoms with E-state index in [2.05, 4.69) is 0 Å². The fourth-order valence-corrected chi connectivity index (χ4v) is 2.62. The van der Waals surface area contributed by atoms with Gasteiger partial charge in [0.15, 0.2) is 0 Å². The van der Waals surface area contributed by atoms with Gasteiger partial charge in [0.25, 0.3) is 0 Å². The first-order valence-electron chi connectivity index (χ1n) is 7.56. The number of methoxy groups -OCH3 is 1. The van der Waals surface area contributed by atoms with E-state index in [-0.39, 0.29) is 18.0 Å². The zero-order valence-electron chi connectivity index (χ0n) is 12.8. The summed E-state index contributed by atoms with van der Waals surface area (Å²) in [5.74, 6) is 0.307. The summed E-state index contributed by atoms with van der Waals surface area (Å²) < 4.78 is 25.0. The fourth-order valence-electron chi connectivity index (χ4n) is 2.62. The van der Waals surface area contributed by atoms with Crippen LogP contribution in [0.1, 0.15) is 26.2 Å². The molecule has 0 aromatic heterocycles. The molecule has 1 fully saturated rings. The van der Waals surface area contributed by atoms with E-state index in [1.165, 1.54) is 6.07 Å². The van der Waals surface area contributed by atoms with Gasteiger partial charge in [0, 0.05) is 45.3 Å². The van der Waals surface area contributed by atoms with Crippen LogP contribution >= 0.6 is 0 Å². The predicted octanol–water partition coefficient (Wildman–Crippen LogP) is 2.56. The maximum atomic E-state index is 14.3. The van der Waals surface area contributed by atoms with E-state index < -0.39 is 0 Å². The molecule has 0 spiro atoms. The molecule has 0 saturated carbocycles. The Labute approximate surface area is 126 Å². The lowest BCUT2D eigenvalue weighted by Crippen LogP contribution is -2.43. The number of nitrogens with two attached hydrogens (primary N) is 1. The van der Waals surface area contributed by atoms with Crippen molar-refractivity contribution in [2.24, 2.45) is 5.73 Å². The highest BCUT2D eigenvalue weighted by Crippen LogP contribution is 2.27. The lowest BCUT2D eigenvalue weighted by atomic mass is 10.1. The molecule has 2 unspecified atom stereocenters. The number of hydrogen-bond donors (Lipinski definition) is 1. The number of halogens is 1. The molecule has 118 valence electrons. The second-order valence-electron chi connectivity index (χ2n) is 5.67. The van der Waals surface area contributed by atoms with Crippen molar-refractivity contribution in [2.45, 2.75) is 38.3 Å². The molecule has 0 aliphatic carbocycles. The lowest BCUT2D eigenvalue weighted by Gasteiger charge is -2.32. The molecule has 1 aromatic rings. The van der Waals surface area contributed by atoms with Gasteiger partial charge < -0.3 is 20.1 Å². The summed E-state index contributed by atoms with van der Waals surface area (Å²) in [4.78, 5) is 2.02. The van der Waals surface area contributed by atoms with E-state index >= 15 is 0 Å². The van der Waals surface area contributed by atoms with Gasteiger partial charge in [-0.05, 0) is 31.9 Å². The number of piperidine rings is 1. The number of anilines is 1. The highest BCUT2D eigenvalue weighted by molar-refractivity contribution is 5.51. The number of ether oxygens (including phenoxy) is 2. The number of rotatable bonds is 6. The van der Waals surface area contributed by atoms with Crippen LogP contribution in [0.2, 0.25) is 0 Å². The van der Waals surface area contributed by atoms with E-state index in [4.69, 9.17) is 15.2 Å². The summed E-state index contributed by atoms with van der Waals surface area (Å²) in [5.41, 5.74) is 6.57. The zero-order chi connectivity index (χ0) is 15.2. The van der Waals surface area contributed by atoms with Crippen molar-refractivity contribution in [1.82, 2.24) is 0 Å². The Morgan fingerprint density at radius 3 is 2.95 bits per heavy atom. The topological polar surface area (TPSA) is 47.7 Å². The standard InChI is InChI=1S/C16H25FN2O2/c1-12(7-9-20-2)21-14-5-6-16(15(17)10-14)19-8-3-4-13(18)11-19/h5-6,10,12-13H,3-4,7-9,11,18H2,1-2H3. The van der Waals surface area contributed by atoms with E-state index in [1.807, 2.05) is 17.9 Å². The first-order chi connectivity index (χ1) is 10.1. The molecule has 0 amide bonds. The molecular formula is C16H25FN2O2. The van der Waals surface area contributed by atoms with Crippen molar-refractivity contribution in [3.63, 3.8) is 0 Å². The summed E-state index contributed by atoms with van der Waals surface area (Å²) in [6, 6.07) is 5.19. The van der Waals surface area contributed by atoms with Gasteiger partial charge in [-0.1, -0.05) is 0 Å². The molecular weight excluding hydrogens is 271 g/mol. The molecule has 1 aliphatic rings. The van der Waals surface area contributed by atoms with Crippen LogP contribution in [0.25, 0.3) is 0 Å². The minimum absolute atomic E-state index is 0.00129. The Morgan fingerprint density at radius 2 is 2.29 bits per heavy atom. The van der Waals surface area contributed by atoms with Gasteiger partial charge in [-0.15, -0.1) is 0 Å². The molecule has 2 rings (SSSR count). The zero-order valence-corrected chi connectivity index (χ0v) is 12.8. The van der Waals surface area contributed by atoms with Gasteiger partial charge in [-0.2, -0.15) is 0 Å². The third-order valence-electron chi connectivity index (χ3n) is 3.78. The van der Waals surface area contributed by atoms with Gasteiger partial charge >= 0.3 is 0 Å². The van der Waals surface area contributed by atoms with Crippen LogP contribution in [-0.4, -0.2) is 39.0 Å². The Balaban J connectivity index is 2.00. The smallest absolute Gasteiger partial charge is 0.150 e. The van der Waals surface area contributed by atoms with E-state index in [0.717, 1.165) is 25.8 Å². The average Bonchev–Trinajstić information content (AvgIpc) is 2.45. The van der Waals surface area contributed by atoms with Crippen LogP contribution in [0.4, 0.5) is 10.1 Å². The van der Waals surface area contributed by atoms with Gasteiger partial charge in [0.2, 0.25) is 0 Å². The first kappa shape index (κ1) is 16.0. The molecule has 0 bridgehead atoms. The third-order valence-corrected chi connectivity index (χ3v) is 3.78. The molecule has 1 aliphatic heterocycles. The second kappa shape index (κ2) is 7.61. The van der Waals surface area contributed by atoms with Crippen LogP contribution in [0.15, 0.2) is 18.2 Å². The SMILES string of the molecule is COCCC(C)Oc1ccc(N2CCCC(N)C2)c(F)c1. The Morgan fingerprint density at radius 1 is 1.48 bits per heavy atom. The van der Waals surface area contributed by atoms with Crippen molar-refractivity contribution in [3.8, 4) is 5.75 Å². The highest BCUT2D eigenvalue weighted by Gasteiger charge is 2.20. The Kier molecular flexibility index (Phi) is 5.82. The van der Waals surface area contributed by atoms with Crippen LogP contribution in [0.5, 0.6) is 5.75 Å². The summed E-state index contributed by atoms with van der Waals surface area (Å²) in [7, 11) is 1.66. The molecule has 0 radical (unpaired) electrons. The number of hydrogen-bond acceptors (Lipinski definition) is 4. The largest absolute Gasteiger partial charge is 0.491 e. The van der Waals surface area contributed by atoms with Gasteiger partial charge in [0.05, 0.1) is 11.8 Å². The first-order valence-corrected chi connectivity index (χ1v) is 7.56. The molecule has 2 N–H and O–H groups in total. The Bertz CT molecular complexity index is 456. The fraction of sp³-hybridized carbons (Fsp3) is 0.625. The minimum Gasteiger partial charge on any atom is -0.491 e. The van der Waals surface area contributed by atoms with Gasteiger partial charge in [0.1, 0.15) is 11.6 Å². The van der Waals surface area contributed by atoms with Crippen molar-refractivity contribution >= 4 is 5.69 Å². The summed E-state index contributed by atoms with van der Waals surface area (Å²) >= 11 is 0. The number of benzene rings is 1. The number of nitrogens with zero attached hydrogens (tertiary/aromatic N) is 1. The molecule has 21 heavy (non-hydrogen) atoms. The molecule has 2 atom stereocenters. The lowest BCUT2D eigenvalue weighted by molar-refractivity contribution is 0.135. The van der Waals surface area contributed by atoms with Crippen LogP contribution < -0.4 is 15.4 Å². The van der Waals surface area contributed by atoms with E-state index in [9.17, 15) is 4.39 Å². The average molecular weight is 296 g/mol. The molecule has 4 nitrogen and oxygen atoms in total. The molecule has 1 heterocycles. The highest BCUT2D eigenvalue weighted by atomic mass is 19.1. The van der Waals surface area contributed by atoms with Crippen molar-refractivity contribution in [2.75, 3.05) is 31.7 Å². The van der Waals surface area contributed by atoms with Crippen LogP contribution in [0, 0.1) is 5.82 Å². The Hall–Kier alpha value is -1.33. The van der Waals surface area contributed by atoms with Crippen molar-refractivity contribution in [3.05, 3.63) is 24.0 Å². The van der Waals surface area contributed by atoms with Gasteiger partial charge in [-0.25, -0.2) is 4.39 Å². The maximum absolute atomic E-state index is 14.3. The minimum atomic E-state index is -0.249. The normalized spacial score (nSPS) is 20.4. The maximum Gasteiger partial charge on any atom is 0.150 e. The predicted molar refractivity (Wildman–Crippen MR) is 82.4 cm³/mol. The second-order valence-corrected chi connectivity index (χ2v) is 5.67. The van der Waals surface area contributed by atoms with Crippen LogP contribution in [0.3, 0.4) is 0 Å². The van der Waals surface area contributed by atoms with Crippen molar-refractivity contribution < 1.29 is 13.9 Å². The quantitative estimate of drug-likeness (QED) is 0.876. The molecule has 5 heteroatoms. The monoisotopic (exact) mass is 296 g/mol. The third kappa shape index (κ3) is 4.58. The van der Waals surface area contributed by atoms with E-state index in [1.54, 1.807) is 13.2 Å². The summed E-state index contributed by atoms with van der Waals surface area (Å²) in [6.07, 6.45) is 2.79. The van der Waals surface area contributed by atoms with Gasteiger partial charge in [-0.3, -0.25) is 0 Å².